The minimum Gasteiger partial charge on any atom is -0.354 e. The molecule has 0 saturated heterocycles. The Morgan fingerprint density at radius 2 is 2.39 bits per heavy atom. The lowest BCUT2D eigenvalue weighted by atomic mass is 10.3. The predicted octanol–water partition coefficient (Wildman–Crippen LogP) is 1.93. The van der Waals surface area contributed by atoms with Crippen molar-refractivity contribution in [1.82, 2.24) is 9.97 Å². The molecule has 18 heavy (non-hydrogen) atoms. The highest BCUT2D eigenvalue weighted by Gasteiger charge is 2.31. The van der Waals surface area contributed by atoms with Gasteiger partial charge in [0.1, 0.15) is 0 Å². The van der Waals surface area contributed by atoms with Crippen LogP contribution < -0.4 is 10.2 Å². The van der Waals surface area contributed by atoms with Crippen LogP contribution in [-0.4, -0.2) is 29.1 Å². The van der Waals surface area contributed by atoms with Crippen LogP contribution in [0.15, 0.2) is 6.20 Å². The fraction of sp³-hybridized carbons (Fsp3) is 0.583. The monoisotopic (exact) mass is 249 g/mol. The molecular weight excluding hydrogens is 233 g/mol. The van der Waals surface area contributed by atoms with E-state index in [1.165, 1.54) is 6.20 Å². The number of halogens is 1. The fourth-order valence-electron chi connectivity index (χ4n) is 1.82. The molecule has 0 aliphatic heterocycles. The number of aromatic nitrogens is 2. The van der Waals surface area contributed by atoms with E-state index in [4.69, 9.17) is 5.26 Å². The third kappa shape index (κ3) is 2.86. The average molecular weight is 249 g/mol. The fourth-order valence-corrected chi connectivity index (χ4v) is 1.82. The number of hydrogen-bond acceptors (Lipinski definition) is 5. The number of nitrogens with one attached hydrogen (secondary N) is 1. The number of hydrogen-bond donors (Lipinski definition) is 1. The molecule has 1 heterocycles. The van der Waals surface area contributed by atoms with Crippen LogP contribution in [0.5, 0.6) is 0 Å². The van der Waals surface area contributed by atoms with Crippen LogP contribution >= 0.6 is 0 Å². The van der Waals surface area contributed by atoms with Crippen molar-refractivity contribution in [3.05, 3.63) is 12.0 Å². The topological polar surface area (TPSA) is 64.8 Å². The molecule has 0 radical (unpaired) electrons. The van der Waals surface area contributed by atoms with Crippen molar-refractivity contribution in [2.45, 2.75) is 32.2 Å². The SMILES string of the molecule is CCNc1ncc(F)c(N(CCC#N)C2CC2)n1. The lowest BCUT2D eigenvalue weighted by molar-refractivity contribution is 0.600. The normalized spacial score (nSPS) is 14.1. The Hall–Kier alpha value is -1.90. The van der Waals surface area contributed by atoms with Crippen molar-refractivity contribution in [2.75, 3.05) is 23.3 Å². The molecule has 1 N–H and O–H groups in total. The Labute approximate surface area is 106 Å². The number of rotatable bonds is 6. The zero-order chi connectivity index (χ0) is 13.0. The van der Waals surface area contributed by atoms with Crippen LogP contribution in [0.3, 0.4) is 0 Å². The molecule has 2 rings (SSSR count). The molecule has 96 valence electrons. The first-order valence-corrected chi connectivity index (χ1v) is 6.16. The van der Waals surface area contributed by atoms with Gasteiger partial charge in [0.2, 0.25) is 5.95 Å². The van der Waals surface area contributed by atoms with E-state index in [2.05, 4.69) is 21.4 Å². The summed E-state index contributed by atoms with van der Waals surface area (Å²) < 4.78 is 13.8. The average Bonchev–Trinajstić information content (AvgIpc) is 3.18. The third-order valence-electron chi connectivity index (χ3n) is 2.78. The van der Waals surface area contributed by atoms with Gasteiger partial charge < -0.3 is 10.2 Å². The van der Waals surface area contributed by atoms with Gasteiger partial charge >= 0.3 is 0 Å². The minimum absolute atomic E-state index is 0.304. The number of nitriles is 1. The lowest BCUT2D eigenvalue weighted by Gasteiger charge is -2.22. The largest absolute Gasteiger partial charge is 0.354 e. The molecule has 1 aliphatic rings. The molecule has 0 bridgehead atoms. The summed E-state index contributed by atoms with van der Waals surface area (Å²) in [6.45, 7) is 3.13. The second-order valence-corrected chi connectivity index (χ2v) is 4.23. The van der Waals surface area contributed by atoms with Gasteiger partial charge in [-0.05, 0) is 19.8 Å². The Bertz CT molecular complexity index is 452. The first-order chi connectivity index (χ1) is 8.76. The van der Waals surface area contributed by atoms with E-state index in [1.54, 1.807) is 0 Å². The van der Waals surface area contributed by atoms with Gasteiger partial charge in [-0.2, -0.15) is 10.2 Å². The van der Waals surface area contributed by atoms with Crippen molar-refractivity contribution < 1.29 is 4.39 Å². The molecule has 0 aromatic carbocycles. The third-order valence-corrected chi connectivity index (χ3v) is 2.78. The van der Waals surface area contributed by atoms with Crippen LogP contribution in [0.4, 0.5) is 16.2 Å². The zero-order valence-electron chi connectivity index (χ0n) is 10.4. The molecule has 0 atom stereocenters. The molecule has 1 saturated carbocycles. The van der Waals surface area contributed by atoms with Gasteiger partial charge in [-0.15, -0.1) is 0 Å². The summed E-state index contributed by atoms with van der Waals surface area (Å²) in [6.07, 6.45) is 3.62. The Kier molecular flexibility index (Phi) is 3.92. The Morgan fingerprint density at radius 3 is 3.00 bits per heavy atom. The summed E-state index contributed by atoms with van der Waals surface area (Å²) in [5.74, 6) is 0.303. The summed E-state index contributed by atoms with van der Waals surface area (Å²) in [7, 11) is 0. The summed E-state index contributed by atoms with van der Waals surface area (Å²) in [4.78, 5) is 9.95. The van der Waals surface area contributed by atoms with Gasteiger partial charge in [0, 0.05) is 19.1 Å². The maximum Gasteiger partial charge on any atom is 0.224 e. The van der Waals surface area contributed by atoms with Gasteiger partial charge in [0.25, 0.3) is 0 Å². The Balaban J connectivity index is 2.22. The summed E-state index contributed by atoms with van der Waals surface area (Å²) in [6, 6.07) is 2.40. The van der Waals surface area contributed by atoms with Crippen LogP contribution in [0.1, 0.15) is 26.2 Å². The summed E-state index contributed by atoms with van der Waals surface area (Å²) in [5, 5.41) is 11.6. The van der Waals surface area contributed by atoms with Gasteiger partial charge in [0.05, 0.1) is 18.7 Å². The van der Waals surface area contributed by atoms with Crippen molar-refractivity contribution in [3.63, 3.8) is 0 Å². The molecule has 0 unspecified atom stereocenters. The minimum atomic E-state index is -0.429. The molecule has 1 aromatic heterocycles. The quantitative estimate of drug-likeness (QED) is 0.834. The highest BCUT2D eigenvalue weighted by molar-refractivity contribution is 5.46. The molecular formula is C12H16FN5. The van der Waals surface area contributed by atoms with E-state index in [1.807, 2.05) is 11.8 Å². The molecule has 1 aliphatic carbocycles. The maximum absolute atomic E-state index is 13.8. The summed E-state index contributed by atoms with van der Waals surface area (Å²) in [5.41, 5.74) is 0. The molecule has 1 aromatic rings. The van der Waals surface area contributed by atoms with E-state index in [9.17, 15) is 4.39 Å². The Morgan fingerprint density at radius 1 is 1.61 bits per heavy atom. The zero-order valence-corrected chi connectivity index (χ0v) is 10.4. The molecule has 1 fully saturated rings. The second-order valence-electron chi connectivity index (χ2n) is 4.23. The van der Waals surface area contributed by atoms with Crippen LogP contribution in [0.2, 0.25) is 0 Å². The maximum atomic E-state index is 13.8. The predicted molar refractivity (Wildman–Crippen MR) is 66.8 cm³/mol. The first-order valence-electron chi connectivity index (χ1n) is 6.16. The number of anilines is 2. The summed E-state index contributed by atoms with van der Waals surface area (Å²) >= 11 is 0. The smallest absolute Gasteiger partial charge is 0.224 e. The van der Waals surface area contributed by atoms with Crippen molar-refractivity contribution in [1.29, 1.82) is 5.26 Å². The van der Waals surface area contributed by atoms with Gasteiger partial charge in [-0.1, -0.05) is 0 Å². The second kappa shape index (κ2) is 5.63. The molecule has 5 nitrogen and oxygen atoms in total. The van der Waals surface area contributed by atoms with Crippen LogP contribution in [-0.2, 0) is 0 Å². The molecule has 6 heteroatoms. The first kappa shape index (κ1) is 12.6. The standard InChI is InChI=1S/C12H16FN5/c1-2-15-12-16-8-10(13)11(17-12)18(7-3-6-14)9-4-5-9/h8-9H,2-5,7H2,1H3,(H,15,16,17). The van der Waals surface area contributed by atoms with E-state index < -0.39 is 5.82 Å². The van der Waals surface area contributed by atoms with Crippen molar-refractivity contribution >= 4 is 11.8 Å². The number of nitrogens with zero attached hydrogens (tertiary/aromatic N) is 4. The van der Waals surface area contributed by atoms with E-state index in [0.29, 0.717) is 37.3 Å². The van der Waals surface area contributed by atoms with E-state index in [0.717, 1.165) is 12.8 Å². The lowest BCUT2D eigenvalue weighted by Crippen LogP contribution is -2.29. The molecule has 0 spiro atoms. The van der Waals surface area contributed by atoms with Gasteiger partial charge in [-0.25, -0.2) is 9.37 Å². The highest BCUT2D eigenvalue weighted by atomic mass is 19.1. The van der Waals surface area contributed by atoms with Crippen LogP contribution in [0, 0.1) is 17.1 Å². The van der Waals surface area contributed by atoms with Crippen molar-refractivity contribution in [3.8, 4) is 6.07 Å². The van der Waals surface area contributed by atoms with Crippen LogP contribution in [0.25, 0.3) is 0 Å². The van der Waals surface area contributed by atoms with Gasteiger partial charge in [0.15, 0.2) is 11.6 Å². The van der Waals surface area contributed by atoms with E-state index in [-0.39, 0.29) is 0 Å². The highest BCUT2D eigenvalue weighted by Crippen LogP contribution is 2.32. The molecule has 0 amide bonds. The van der Waals surface area contributed by atoms with E-state index >= 15 is 0 Å². The van der Waals surface area contributed by atoms with Gasteiger partial charge in [-0.3, -0.25) is 0 Å². The van der Waals surface area contributed by atoms with Crippen molar-refractivity contribution in [2.24, 2.45) is 0 Å².